The second kappa shape index (κ2) is 9.30. The Morgan fingerprint density at radius 3 is 2.45 bits per heavy atom. The molecular weight excluding hydrogens is 438 g/mol. The summed E-state index contributed by atoms with van der Waals surface area (Å²) in [6.45, 7) is 3.80. The second-order valence-corrected chi connectivity index (χ2v) is 8.28. The summed E-state index contributed by atoms with van der Waals surface area (Å²) in [7, 11) is 0. The van der Waals surface area contributed by atoms with Crippen molar-refractivity contribution in [2.24, 2.45) is 0 Å². The fourth-order valence-corrected chi connectivity index (χ4v) is 3.75. The van der Waals surface area contributed by atoms with Crippen LogP contribution in [0.1, 0.15) is 16.7 Å². The molecule has 0 atom stereocenters. The minimum absolute atomic E-state index is 0.147. The molecule has 0 aliphatic carbocycles. The predicted octanol–water partition coefficient (Wildman–Crippen LogP) is 4.64. The Morgan fingerprint density at radius 2 is 1.73 bits per heavy atom. The lowest BCUT2D eigenvalue weighted by Crippen LogP contribution is -2.27. The number of rotatable bonds is 5. The van der Waals surface area contributed by atoms with Crippen LogP contribution in [0.15, 0.2) is 82.5 Å². The van der Waals surface area contributed by atoms with Gasteiger partial charge in [0.15, 0.2) is 0 Å². The molecule has 1 heterocycles. The van der Waals surface area contributed by atoms with Gasteiger partial charge < -0.3 is 5.32 Å². The molecule has 1 amide bonds. The molecule has 0 saturated carbocycles. The first-order valence-electron chi connectivity index (χ1n) is 10.4. The molecule has 0 aliphatic rings. The van der Waals surface area contributed by atoms with E-state index in [1.54, 1.807) is 18.2 Å². The summed E-state index contributed by atoms with van der Waals surface area (Å²) < 4.78 is 1.34. The topological polar surface area (TPSA) is 84.0 Å². The van der Waals surface area contributed by atoms with E-state index in [1.165, 1.54) is 16.8 Å². The number of amides is 1. The number of halogens is 1. The van der Waals surface area contributed by atoms with Gasteiger partial charge in [0, 0.05) is 23.0 Å². The molecule has 3 aromatic carbocycles. The Balaban J connectivity index is 1.49. The fraction of sp³-hybridized carbons (Fsp3) is 0.115. The molecule has 0 saturated heterocycles. The first kappa shape index (κ1) is 22.3. The van der Waals surface area contributed by atoms with E-state index in [2.05, 4.69) is 10.3 Å². The number of benzene rings is 3. The SMILES string of the molecule is Cc1ccc(-c2cccc(CC(=O)Nc3ccc(-n4ccc(=O)[nH]c4=O)cc3C)c2)cc1Cl. The third kappa shape index (κ3) is 5.13. The molecule has 0 unspecified atom stereocenters. The van der Waals surface area contributed by atoms with Crippen LogP contribution >= 0.6 is 11.6 Å². The van der Waals surface area contributed by atoms with Crippen LogP contribution in [0.3, 0.4) is 0 Å². The summed E-state index contributed by atoms with van der Waals surface area (Å²) in [5.41, 5.74) is 4.96. The molecule has 166 valence electrons. The van der Waals surface area contributed by atoms with E-state index >= 15 is 0 Å². The van der Waals surface area contributed by atoms with E-state index < -0.39 is 11.2 Å². The van der Waals surface area contributed by atoms with Gasteiger partial charge in [0.1, 0.15) is 0 Å². The van der Waals surface area contributed by atoms with Gasteiger partial charge in [-0.15, -0.1) is 0 Å². The number of H-pyrrole nitrogens is 1. The van der Waals surface area contributed by atoms with Gasteiger partial charge >= 0.3 is 5.69 Å². The highest BCUT2D eigenvalue weighted by molar-refractivity contribution is 6.31. The molecule has 4 rings (SSSR count). The quantitative estimate of drug-likeness (QED) is 0.456. The maximum Gasteiger partial charge on any atom is 0.332 e. The monoisotopic (exact) mass is 459 g/mol. The van der Waals surface area contributed by atoms with Gasteiger partial charge in [-0.3, -0.25) is 19.1 Å². The Labute approximate surface area is 195 Å². The zero-order chi connectivity index (χ0) is 23.5. The van der Waals surface area contributed by atoms with Gasteiger partial charge in [0.05, 0.1) is 12.1 Å². The average molecular weight is 460 g/mol. The highest BCUT2D eigenvalue weighted by atomic mass is 35.5. The molecule has 33 heavy (non-hydrogen) atoms. The van der Waals surface area contributed by atoms with Crippen LogP contribution in [-0.2, 0) is 11.2 Å². The number of anilines is 1. The molecule has 1 aromatic heterocycles. The number of nitrogens with one attached hydrogen (secondary N) is 2. The van der Waals surface area contributed by atoms with Crippen LogP contribution in [-0.4, -0.2) is 15.5 Å². The predicted molar refractivity (Wildman–Crippen MR) is 131 cm³/mol. The summed E-state index contributed by atoms with van der Waals surface area (Å²) in [5.74, 6) is -0.147. The number of hydrogen-bond donors (Lipinski definition) is 2. The number of carbonyl (C=O) groups is 1. The van der Waals surface area contributed by atoms with Gasteiger partial charge in [-0.1, -0.05) is 48.0 Å². The molecule has 0 fully saturated rings. The molecule has 0 radical (unpaired) electrons. The van der Waals surface area contributed by atoms with Gasteiger partial charge in [-0.05, 0) is 65.9 Å². The number of nitrogens with zero attached hydrogens (tertiary/aromatic N) is 1. The lowest BCUT2D eigenvalue weighted by molar-refractivity contribution is -0.115. The minimum Gasteiger partial charge on any atom is -0.326 e. The summed E-state index contributed by atoms with van der Waals surface area (Å²) in [5, 5.41) is 3.64. The van der Waals surface area contributed by atoms with Crippen molar-refractivity contribution in [1.82, 2.24) is 9.55 Å². The Hall–Kier alpha value is -3.90. The van der Waals surface area contributed by atoms with Gasteiger partial charge in [-0.2, -0.15) is 0 Å². The summed E-state index contributed by atoms with van der Waals surface area (Å²) >= 11 is 6.26. The largest absolute Gasteiger partial charge is 0.332 e. The van der Waals surface area contributed by atoms with E-state index in [0.29, 0.717) is 16.4 Å². The lowest BCUT2D eigenvalue weighted by Gasteiger charge is -2.12. The van der Waals surface area contributed by atoms with Gasteiger partial charge in [0.2, 0.25) is 5.91 Å². The van der Waals surface area contributed by atoms with Crippen LogP contribution in [0, 0.1) is 13.8 Å². The first-order valence-corrected chi connectivity index (χ1v) is 10.8. The number of hydrogen-bond acceptors (Lipinski definition) is 3. The number of aromatic nitrogens is 2. The Kier molecular flexibility index (Phi) is 6.29. The van der Waals surface area contributed by atoms with Gasteiger partial charge in [-0.25, -0.2) is 4.79 Å². The maximum atomic E-state index is 12.7. The normalized spacial score (nSPS) is 10.8. The molecule has 4 aromatic rings. The van der Waals surface area contributed by atoms with Crippen LogP contribution in [0.4, 0.5) is 5.69 Å². The second-order valence-electron chi connectivity index (χ2n) is 7.87. The summed E-state index contributed by atoms with van der Waals surface area (Å²) in [4.78, 5) is 38.2. The van der Waals surface area contributed by atoms with E-state index in [1.807, 2.05) is 56.3 Å². The Morgan fingerprint density at radius 1 is 0.939 bits per heavy atom. The van der Waals surface area contributed by atoms with Crippen molar-refractivity contribution in [3.05, 3.63) is 115 Å². The molecule has 0 aliphatic heterocycles. The number of aryl methyl sites for hydroxylation is 2. The van der Waals surface area contributed by atoms with Crippen LogP contribution < -0.4 is 16.6 Å². The third-order valence-electron chi connectivity index (χ3n) is 5.38. The van der Waals surface area contributed by atoms with E-state index in [9.17, 15) is 14.4 Å². The van der Waals surface area contributed by atoms with Crippen molar-refractivity contribution in [3.8, 4) is 16.8 Å². The maximum absolute atomic E-state index is 12.7. The molecule has 0 bridgehead atoms. The van der Waals surface area contributed by atoms with Crippen molar-refractivity contribution >= 4 is 23.2 Å². The van der Waals surface area contributed by atoms with E-state index in [4.69, 9.17) is 11.6 Å². The first-order chi connectivity index (χ1) is 15.8. The van der Waals surface area contributed by atoms with Crippen LogP contribution in [0.5, 0.6) is 0 Å². The van der Waals surface area contributed by atoms with E-state index in [0.717, 1.165) is 27.8 Å². The van der Waals surface area contributed by atoms with Crippen molar-refractivity contribution in [3.63, 3.8) is 0 Å². The van der Waals surface area contributed by atoms with Crippen molar-refractivity contribution < 1.29 is 4.79 Å². The summed E-state index contributed by atoms with van der Waals surface area (Å²) in [6.07, 6.45) is 1.64. The minimum atomic E-state index is -0.520. The highest BCUT2D eigenvalue weighted by Crippen LogP contribution is 2.26. The van der Waals surface area contributed by atoms with Crippen molar-refractivity contribution in [1.29, 1.82) is 0 Å². The zero-order valence-corrected chi connectivity index (χ0v) is 18.9. The highest BCUT2D eigenvalue weighted by Gasteiger charge is 2.10. The molecule has 7 heteroatoms. The Bertz CT molecular complexity index is 1470. The third-order valence-corrected chi connectivity index (χ3v) is 5.79. The van der Waals surface area contributed by atoms with Gasteiger partial charge in [0.25, 0.3) is 5.56 Å². The average Bonchev–Trinajstić information content (AvgIpc) is 2.77. The smallest absolute Gasteiger partial charge is 0.326 e. The van der Waals surface area contributed by atoms with Crippen LogP contribution in [0.2, 0.25) is 5.02 Å². The van der Waals surface area contributed by atoms with E-state index in [-0.39, 0.29) is 12.3 Å². The number of carbonyl (C=O) groups excluding carboxylic acids is 1. The standard InChI is InChI=1S/C26H22ClN3O3/c1-16-6-7-20(15-22(16)27)19-5-3-4-18(13-19)14-25(32)28-23-9-8-21(12-17(23)2)30-11-10-24(31)29-26(30)33/h3-13,15H,14H2,1-2H3,(H,28,32)(H,29,31,33). The number of aromatic amines is 1. The van der Waals surface area contributed by atoms with Crippen molar-refractivity contribution in [2.75, 3.05) is 5.32 Å². The molecule has 6 nitrogen and oxygen atoms in total. The van der Waals surface area contributed by atoms with Crippen LogP contribution in [0.25, 0.3) is 16.8 Å². The summed E-state index contributed by atoms with van der Waals surface area (Å²) in [6, 6.07) is 20.2. The molecular formula is C26H22ClN3O3. The van der Waals surface area contributed by atoms with Crippen molar-refractivity contribution in [2.45, 2.75) is 20.3 Å². The lowest BCUT2D eigenvalue weighted by atomic mass is 10.0. The molecule has 0 spiro atoms. The zero-order valence-electron chi connectivity index (χ0n) is 18.2. The molecule has 2 N–H and O–H groups in total. The fourth-order valence-electron chi connectivity index (χ4n) is 3.57.